The molecule has 0 aromatic heterocycles. The third kappa shape index (κ3) is 8.38. The number of guanidine groups is 1. The molecule has 0 saturated carbocycles. The summed E-state index contributed by atoms with van der Waals surface area (Å²) in [5.74, 6) is 3.21. The van der Waals surface area contributed by atoms with Gasteiger partial charge in [0.25, 0.3) is 0 Å². The van der Waals surface area contributed by atoms with Crippen LogP contribution in [0, 0.1) is 0 Å². The second kappa shape index (κ2) is 13.1. The first kappa shape index (κ1) is 22.9. The normalized spacial score (nSPS) is 10.6. The lowest BCUT2D eigenvalue weighted by Crippen LogP contribution is -2.37. The fraction of sp³-hybridized carbons (Fsp3) is 0.350. The molecule has 0 amide bonds. The summed E-state index contributed by atoms with van der Waals surface area (Å²) in [5.41, 5.74) is 1.13. The second-order valence-corrected chi connectivity index (χ2v) is 5.59. The topological polar surface area (TPSA) is 64.1 Å². The zero-order chi connectivity index (χ0) is 18.6. The number of hydrogen-bond donors (Lipinski definition) is 2. The summed E-state index contributed by atoms with van der Waals surface area (Å²) in [6, 6.07) is 15.6. The molecule has 2 rings (SSSR count). The third-order valence-electron chi connectivity index (χ3n) is 3.74. The average molecular weight is 485 g/mol. The van der Waals surface area contributed by atoms with Gasteiger partial charge < -0.3 is 24.8 Å². The van der Waals surface area contributed by atoms with Crippen molar-refractivity contribution in [2.45, 2.75) is 13.0 Å². The lowest BCUT2D eigenvalue weighted by Gasteiger charge is -2.13. The van der Waals surface area contributed by atoms with E-state index in [-0.39, 0.29) is 24.0 Å². The number of hydrogen-bond acceptors (Lipinski definition) is 4. The van der Waals surface area contributed by atoms with Crippen LogP contribution >= 0.6 is 24.0 Å². The van der Waals surface area contributed by atoms with E-state index in [2.05, 4.69) is 15.6 Å². The van der Waals surface area contributed by atoms with Crippen molar-refractivity contribution in [2.24, 2.45) is 4.99 Å². The van der Waals surface area contributed by atoms with Crippen molar-refractivity contribution in [3.05, 3.63) is 54.1 Å². The molecule has 7 heteroatoms. The first-order valence-electron chi connectivity index (χ1n) is 8.59. The maximum atomic E-state index is 5.72. The number of nitrogens with zero attached hydrogens (tertiary/aromatic N) is 1. The van der Waals surface area contributed by atoms with Gasteiger partial charge in [-0.05, 0) is 36.2 Å². The highest BCUT2D eigenvalue weighted by Crippen LogP contribution is 2.18. The summed E-state index contributed by atoms with van der Waals surface area (Å²) < 4.78 is 16.1. The Morgan fingerprint density at radius 1 is 0.926 bits per heavy atom. The molecule has 27 heavy (non-hydrogen) atoms. The Kier molecular flexibility index (Phi) is 11.1. The van der Waals surface area contributed by atoms with Crippen molar-refractivity contribution in [1.82, 2.24) is 10.6 Å². The van der Waals surface area contributed by atoms with Gasteiger partial charge in [-0.3, -0.25) is 4.99 Å². The predicted octanol–water partition coefficient (Wildman–Crippen LogP) is 3.46. The van der Waals surface area contributed by atoms with Crippen molar-refractivity contribution >= 4 is 29.9 Å². The lowest BCUT2D eigenvalue weighted by molar-refractivity contribution is 0.308. The number of nitrogens with one attached hydrogen (secondary N) is 2. The first-order valence-corrected chi connectivity index (χ1v) is 8.59. The molecule has 0 aliphatic rings. The summed E-state index contributed by atoms with van der Waals surface area (Å²) in [7, 11) is 5.07. The molecule has 0 bridgehead atoms. The smallest absolute Gasteiger partial charge is 0.191 e. The minimum atomic E-state index is 0. The number of halogens is 1. The fourth-order valence-electron chi connectivity index (χ4n) is 2.35. The number of methoxy groups -OCH3 is 2. The third-order valence-corrected chi connectivity index (χ3v) is 3.74. The highest BCUT2D eigenvalue weighted by atomic mass is 127. The van der Waals surface area contributed by atoms with E-state index < -0.39 is 0 Å². The molecule has 2 N–H and O–H groups in total. The van der Waals surface area contributed by atoms with Gasteiger partial charge >= 0.3 is 0 Å². The van der Waals surface area contributed by atoms with Gasteiger partial charge in [-0.1, -0.05) is 18.2 Å². The Bertz CT molecular complexity index is 710. The summed E-state index contributed by atoms with van der Waals surface area (Å²) >= 11 is 0. The molecule has 0 heterocycles. The van der Waals surface area contributed by atoms with Gasteiger partial charge in [-0.25, -0.2) is 0 Å². The van der Waals surface area contributed by atoms with Gasteiger partial charge in [0.1, 0.15) is 17.2 Å². The average Bonchev–Trinajstić information content (AvgIpc) is 2.70. The minimum absolute atomic E-state index is 0. The van der Waals surface area contributed by atoms with Gasteiger partial charge in [0.05, 0.1) is 20.8 Å². The second-order valence-electron chi connectivity index (χ2n) is 5.59. The molecule has 0 aliphatic heterocycles. The minimum Gasteiger partial charge on any atom is -0.497 e. The van der Waals surface area contributed by atoms with Crippen LogP contribution in [-0.4, -0.2) is 40.4 Å². The predicted molar refractivity (Wildman–Crippen MR) is 120 cm³/mol. The van der Waals surface area contributed by atoms with E-state index in [0.29, 0.717) is 13.2 Å². The van der Waals surface area contributed by atoms with E-state index >= 15 is 0 Å². The molecule has 0 saturated heterocycles. The molecule has 0 atom stereocenters. The molecule has 6 nitrogen and oxygen atoms in total. The van der Waals surface area contributed by atoms with Crippen LogP contribution in [0.3, 0.4) is 0 Å². The Morgan fingerprint density at radius 3 is 2.30 bits per heavy atom. The SMILES string of the molecule is CN=C(NCCCOc1cccc(OC)c1)NCc1cccc(OC)c1.I. The zero-order valence-electron chi connectivity index (χ0n) is 16.0. The van der Waals surface area contributed by atoms with Crippen LogP contribution in [0.4, 0.5) is 0 Å². The molecule has 0 unspecified atom stereocenters. The van der Waals surface area contributed by atoms with Crippen molar-refractivity contribution in [3.8, 4) is 17.2 Å². The van der Waals surface area contributed by atoms with E-state index in [1.807, 2.05) is 48.5 Å². The molecule has 0 fully saturated rings. The fourth-order valence-corrected chi connectivity index (χ4v) is 2.35. The van der Waals surface area contributed by atoms with Crippen molar-refractivity contribution in [2.75, 3.05) is 34.4 Å². The maximum absolute atomic E-state index is 5.72. The lowest BCUT2D eigenvalue weighted by atomic mass is 10.2. The summed E-state index contributed by atoms with van der Waals surface area (Å²) in [6.07, 6.45) is 0.858. The number of rotatable bonds is 9. The van der Waals surface area contributed by atoms with Crippen molar-refractivity contribution < 1.29 is 14.2 Å². The number of ether oxygens (including phenoxy) is 3. The van der Waals surface area contributed by atoms with E-state index in [1.165, 1.54) is 0 Å². The Balaban J connectivity index is 0.00000364. The van der Waals surface area contributed by atoms with Gasteiger partial charge in [0.15, 0.2) is 5.96 Å². The zero-order valence-corrected chi connectivity index (χ0v) is 18.4. The van der Waals surface area contributed by atoms with Gasteiger partial charge in [0, 0.05) is 26.2 Å². The molecular weight excluding hydrogens is 457 g/mol. The Labute approximate surface area is 178 Å². The molecule has 148 valence electrons. The maximum Gasteiger partial charge on any atom is 0.191 e. The summed E-state index contributed by atoms with van der Waals surface area (Å²) in [5, 5.41) is 6.57. The molecule has 0 aliphatic carbocycles. The van der Waals surface area contributed by atoms with Crippen molar-refractivity contribution in [3.63, 3.8) is 0 Å². The van der Waals surface area contributed by atoms with Crippen LogP contribution in [0.5, 0.6) is 17.2 Å². The van der Waals surface area contributed by atoms with Crippen LogP contribution in [0.15, 0.2) is 53.5 Å². The van der Waals surface area contributed by atoms with Gasteiger partial charge in [-0.2, -0.15) is 0 Å². The monoisotopic (exact) mass is 485 g/mol. The van der Waals surface area contributed by atoms with Crippen LogP contribution in [0.1, 0.15) is 12.0 Å². The molecular formula is C20H28IN3O3. The quantitative estimate of drug-likeness (QED) is 0.247. The highest BCUT2D eigenvalue weighted by Gasteiger charge is 2.00. The van der Waals surface area contributed by atoms with E-state index in [0.717, 1.165) is 41.7 Å². The summed E-state index contributed by atoms with van der Waals surface area (Å²) in [6.45, 7) is 2.06. The Morgan fingerprint density at radius 2 is 1.59 bits per heavy atom. The van der Waals surface area contributed by atoms with E-state index in [4.69, 9.17) is 14.2 Å². The largest absolute Gasteiger partial charge is 0.497 e. The van der Waals surface area contributed by atoms with Crippen molar-refractivity contribution in [1.29, 1.82) is 0 Å². The first-order chi connectivity index (χ1) is 12.7. The highest BCUT2D eigenvalue weighted by molar-refractivity contribution is 14.0. The number of aliphatic imine (C=N–C) groups is 1. The molecule has 0 spiro atoms. The number of benzene rings is 2. The Hall–Kier alpha value is -2.16. The standard InChI is InChI=1S/C20H27N3O3.HI/c1-21-20(23-15-16-7-4-8-17(13-16)24-2)22-11-6-12-26-19-10-5-9-18(14-19)25-3;/h4-5,7-10,13-14H,6,11-12,15H2,1-3H3,(H2,21,22,23);1H. The van der Waals surface area contributed by atoms with Crippen LogP contribution < -0.4 is 24.8 Å². The molecule has 2 aromatic carbocycles. The van der Waals surface area contributed by atoms with Crippen LogP contribution in [0.2, 0.25) is 0 Å². The van der Waals surface area contributed by atoms with Crippen LogP contribution in [0.25, 0.3) is 0 Å². The van der Waals surface area contributed by atoms with Crippen LogP contribution in [-0.2, 0) is 6.54 Å². The molecule has 0 radical (unpaired) electrons. The molecule has 2 aromatic rings. The van der Waals surface area contributed by atoms with E-state index in [9.17, 15) is 0 Å². The summed E-state index contributed by atoms with van der Waals surface area (Å²) in [4.78, 5) is 4.23. The van der Waals surface area contributed by atoms with Gasteiger partial charge in [-0.15, -0.1) is 24.0 Å². The van der Waals surface area contributed by atoms with E-state index in [1.54, 1.807) is 21.3 Å². The van der Waals surface area contributed by atoms with Gasteiger partial charge in [0.2, 0.25) is 0 Å².